The summed E-state index contributed by atoms with van der Waals surface area (Å²) in [4.78, 5) is 24.1. The Morgan fingerprint density at radius 1 is 1.12 bits per heavy atom. The highest BCUT2D eigenvalue weighted by Crippen LogP contribution is 2.44. The van der Waals surface area contributed by atoms with Gasteiger partial charge in [-0.3, -0.25) is 14.5 Å². The lowest BCUT2D eigenvalue weighted by Gasteiger charge is -2.20. The molecule has 1 aromatic rings. The average molecular weight is 350 g/mol. The highest BCUT2D eigenvalue weighted by Gasteiger charge is 2.58. The molecule has 10 heteroatoms. The molecule has 130 valence electrons. The van der Waals surface area contributed by atoms with Crippen LogP contribution in [0.25, 0.3) is 0 Å². The van der Waals surface area contributed by atoms with Crippen molar-refractivity contribution in [2.75, 3.05) is 18.5 Å². The third-order valence-corrected chi connectivity index (χ3v) is 3.19. The zero-order valence-electron chi connectivity index (χ0n) is 11.9. The molecule has 1 aromatic carbocycles. The number of halogens is 5. The van der Waals surface area contributed by atoms with Crippen molar-refractivity contribution in [1.29, 1.82) is 0 Å². The maximum absolute atomic E-state index is 13.3. The highest BCUT2D eigenvalue weighted by molar-refractivity contribution is 6.17. The fourth-order valence-corrected chi connectivity index (χ4v) is 2.02. The molecule has 24 heavy (non-hydrogen) atoms. The van der Waals surface area contributed by atoms with Crippen LogP contribution in [-0.2, 0) is 15.5 Å². The third kappa shape index (κ3) is 3.23. The molecule has 2 N–H and O–H groups in total. The summed E-state index contributed by atoms with van der Waals surface area (Å²) in [6.07, 6.45) is -4.89. The number of rotatable bonds is 5. The van der Waals surface area contributed by atoms with Crippen molar-refractivity contribution in [3.8, 4) is 0 Å². The van der Waals surface area contributed by atoms with Crippen LogP contribution >= 0.6 is 0 Å². The van der Waals surface area contributed by atoms with Gasteiger partial charge in [-0.15, -0.1) is 0 Å². The van der Waals surface area contributed by atoms with Crippen molar-refractivity contribution >= 4 is 17.5 Å². The van der Waals surface area contributed by atoms with Crippen LogP contribution in [0.4, 0.5) is 27.6 Å². The largest absolute Gasteiger partial charge is 0.458 e. The number of carbonyl (C=O) groups excluding carboxylic acids is 2. The zero-order chi connectivity index (χ0) is 18.1. The van der Waals surface area contributed by atoms with E-state index in [1.165, 1.54) is 6.07 Å². The van der Waals surface area contributed by atoms with Crippen LogP contribution < -0.4 is 5.32 Å². The minimum absolute atomic E-state index is 0.213. The van der Waals surface area contributed by atoms with Gasteiger partial charge < -0.3 is 10.4 Å². The number of nitrogens with one attached hydrogen (secondary N) is 1. The second-order valence-corrected chi connectivity index (χ2v) is 4.85. The van der Waals surface area contributed by atoms with Gasteiger partial charge in [-0.2, -0.15) is 22.0 Å². The Kier molecular flexibility index (Phi) is 4.61. The predicted octanol–water partition coefficient (Wildman–Crippen LogP) is 2.00. The van der Waals surface area contributed by atoms with Crippen LogP contribution in [0.15, 0.2) is 36.0 Å². The number of amides is 2. The van der Waals surface area contributed by atoms with Crippen molar-refractivity contribution in [2.24, 2.45) is 0 Å². The molecule has 0 saturated carbocycles. The van der Waals surface area contributed by atoms with Crippen LogP contribution in [0.2, 0.25) is 0 Å². The van der Waals surface area contributed by atoms with Crippen molar-refractivity contribution < 1.29 is 36.6 Å². The van der Waals surface area contributed by atoms with Crippen LogP contribution in [0, 0.1) is 0 Å². The van der Waals surface area contributed by atoms with E-state index in [1.807, 2.05) is 0 Å². The molecule has 0 fully saturated rings. The van der Waals surface area contributed by atoms with E-state index in [0.717, 1.165) is 12.1 Å². The first-order valence-corrected chi connectivity index (χ1v) is 6.58. The molecule has 0 radical (unpaired) electrons. The normalized spacial score (nSPS) is 15.8. The smallest absolute Gasteiger partial charge is 0.395 e. The van der Waals surface area contributed by atoms with E-state index < -0.39 is 36.1 Å². The summed E-state index contributed by atoms with van der Waals surface area (Å²) in [5.74, 6) is -6.60. The monoisotopic (exact) mass is 350 g/mol. The fraction of sp³-hybridized carbons (Fsp3) is 0.286. The molecular weight excluding hydrogens is 339 g/mol. The first-order chi connectivity index (χ1) is 11.1. The van der Waals surface area contributed by atoms with Crippen LogP contribution in [0.5, 0.6) is 0 Å². The Morgan fingerprint density at radius 3 is 2.38 bits per heavy atom. The molecule has 0 unspecified atom stereocenters. The lowest BCUT2D eigenvalue weighted by Crippen LogP contribution is -2.34. The summed E-state index contributed by atoms with van der Waals surface area (Å²) in [7, 11) is 0. The van der Waals surface area contributed by atoms with Gasteiger partial charge in [0.25, 0.3) is 11.8 Å². The number of carbonyl (C=O) groups is 2. The molecule has 1 aliphatic rings. The number of hydrogen-bond donors (Lipinski definition) is 2. The first-order valence-electron chi connectivity index (χ1n) is 6.58. The SMILES string of the molecule is O=C1C=C(Nc2cccc(C(F)(F)C(F)(F)F)c2)C(=O)N1CCO. The number of alkyl halides is 5. The minimum atomic E-state index is -5.76. The van der Waals surface area contributed by atoms with Crippen LogP contribution in [-0.4, -0.2) is 41.1 Å². The number of benzene rings is 1. The number of β-amino-alcohol motifs (C(OH)–C–C–N with tert-alkyl or cyclic N) is 1. The summed E-state index contributed by atoms with van der Waals surface area (Å²) in [6.45, 7) is -0.725. The number of aliphatic hydroxyl groups is 1. The van der Waals surface area contributed by atoms with E-state index in [0.29, 0.717) is 17.0 Å². The Labute approximate surface area is 132 Å². The summed E-state index contributed by atoms with van der Waals surface area (Å²) in [6, 6.07) is 3.28. The lowest BCUT2D eigenvalue weighted by molar-refractivity contribution is -0.289. The zero-order valence-corrected chi connectivity index (χ0v) is 11.9. The Morgan fingerprint density at radius 2 is 1.79 bits per heavy atom. The molecular formula is C14H11F5N2O3. The van der Waals surface area contributed by atoms with E-state index in [-0.39, 0.29) is 17.9 Å². The molecule has 5 nitrogen and oxygen atoms in total. The van der Waals surface area contributed by atoms with Crippen molar-refractivity contribution in [2.45, 2.75) is 12.1 Å². The number of imide groups is 1. The van der Waals surface area contributed by atoms with Crippen molar-refractivity contribution in [3.05, 3.63) is 41.6 Å². The minimum Gasteiger partial charge on any atom is -0.395 e. The maximum Gasteiger partial charge on any atom is 0.458 e. The average Bonchev–Trinajstić information content (AvgIpc) is 2.74. The lowest BCUT2D eigenvalue weighted by atomic mass is 10.1. The number of nitrogens with zero attached hydrogens (tertiary/aromatic N) is 1. The predicted molar refractivity (Wildman–Crippen MR) is 71.9 cm³/mol. The number of aliphatic hydroxyl groups excluding tert-OH is 1. The summed E-state index contributed by atoms with van der Waals surface area (Å²) >= 11 is 0. The van der Waals surface area contributed by atoms with Gasteiger partial charge in [0.15, 0.2) is 0 Å². The van der Waals surface area contributed by atoms with E-state index in [2.05, 4.69) is 5.32 Å². The molecule has 0 spiro atoms. The molecule has 0 bridgehead atoms. The van der Waals surface area contributed by atoms with E-state index in [1.54, 1.807) is 0 Å². The number of anilines is 1. The molecule has 1 heterocycles. The molecule has 0 aliphatic carbocycles. The van der Waals surface area contributed by atoms with Crippen LogP contribution in [0.1, 0.15) is 5.56 Å². The van der Waals surface area contributed by atoms with Gasteiger partial charge in [0, 0.05) is 17.3 Å². The molecule has 0 saturated heterocycles. The molecule has 2 amide bonds. The van der Waals surface area contributed by atoms with Gasteiger partial charge >= 0.3 is 12.1 Å². The molecule has 1 aliphatic heterocycles. The standard InChI is InChI=1S/C14H11F5N2O3/c15-13(16,14(17,18)19)8-2-1-3-9(6-8)20-10-7-11(23)21(4-5-22)12(10)24/h1-3,6-7,20,22H,4-5H2. The van der Waals surface area contributed by atoms with E-state index in [4.69, 9.17) is 5.11 Å². The molecule has 0 aromatic heterocycles. The first kappa shape index (κ1) is 17.9. The highest BCUT2D eigenvalue weighted by atomic mass is 19.4. The topological polar surface area (TPSA) is 69.6 Å². The molecule has 0 atom stereocenters. The van der Waals surface area contributed by atoms with E-state index >= 15 is 0 Å². The number of hydrogen-bond acceptors (Lipinski definition) is 4. The second kappa shape index (κ2) is 6.19. The van der Waals surface area contributed by atoms with E-state index in [9.17, 15) is 31.5 Å². The molecule has 2 rings (SSSR count). The quantitative estimate of drug-likeness (QED) is 0.630. The van der Waals surface area contributed by atoms with Crippen LogP contribution in [0.3, 0.4) is 0 Å². The van der Waals surface area contributed by atoms with Gasteiger partial charge in [-0.05, 0) is 12.1 Å². The third-order valence-electron chi connectivity index (χ3n) is 3.19. The summed E-state index contributed by atoms with van der Waals surface area (Å²) < 4.78 is 63.8. The Balaban J connectivity index is 2.24. The summed E-state index contributed by atoms with van der Waals surface area (Å²) in [5.41, 5.74) is -1.81. The van der Waals surface area contributed by atoms with Crippen molar-refractivity contribution in [1.82, 2.24) is 4.90 Å². The van der Waals surface area contributed by atoms with Gasteiger partial charge in [0.2, 0.25) is 0 Å². The van der Waals surface area contributed by atoms with Crippen molar-refractivity contribution in [3.63, 3.8) is 0 Å². The van der Waals surface area contributed by atoms with Gasteiger partial charge in [0.05, 0.1) is 13.2 Å². The van der Waals surface area contributed by atoms with Gasteiger partial charge in [-0.25, -0.2) is 0 Å². The van der Waals surface area contributed by atoms with Gasteiger partial charge in [-0.1, -0.05) is 12.1 Å². The Hall–Kier alpha value is -2.49. The summed E-state index contributed by atoms with van der Waals surface area (Å²) in [5, 5.41) is 11.1. The Bertz CT molecular complexity index is 700. The fourth-order valence-electron chi connectivity index (χ4n) is 2.02. The maximum atomic E-state index is 13.3. The van der Waals surface area contributed by atoms with Gasteiger partial charge in [0.1, 0.15) is 5.70 Å². The second-order valence-electron chi connectivity index (χ2n) is 4.85.